The molecule has 0 aliphatic carbocycles. The first-order chi connectivity index (χ1) is 10.9. The molecule has 0 spiro atoms. The van der Waals surface area contributed by atoms with Crippen molar-refractivity contribution in [1.82, 2.24) is 0 Å². The molecule has 0 bridgehead atoms. The monoisotopic (exact) mass is 330 g/mol. The Balaban J connectivity index is 1.79. The standard InChI is InChI=1S/C19H22O3S/c1-14-9-11-16(12-10-14)23(20)13-17-18(22-19(2,3)21-17)15-7-5-4-6-8-15/h4-12,17-18H,13H2,1-3H3/t17-,18+,23?/m1/s1. The fourth-order valence-electron chi connectivity index (χ4n) is 2.82. The second-order valence-corrected chi connectivity index (χ2v) is 7.83. The van der Waals surface area contributed by atoms with E-state index >= 15 is 0 Å². The summed E-state index contributed by atoms with van der Waals surface area (Å²) < 4.78 is 24.7. The molecule has 2 aromatic carbocycles. The van der Waals surface area contributed by atoms with Crippen LogP contribution in [0.4, 0.5) is 0 Å². The van der Waals surface area contributed by atoms with E-state index in [1.807, 2.05) is 75.4 Å². The first-order valence-corrected chi connectivity index (χ1v) is 9.12. The van der Waals surface area contributed by atoms with Crippen molar-refractivity contribution < 1.29 is 13.7 Å². The minimum absolute atomic E-state index is 0.194. The Morgan fingerprint density at radius 3 is 2.30 bits per heavy atom. The average molecular weight is 330 g/mol. The molecule has 0 radical (unpaired) electrons. The molecule has 1 fully saturated rings. The van der Waals surface area contributed by atoms with Crippen molar-refractivity contribution in [3.05, 3.63) is 65.7 Å². The molecule has 0 N–H and O–H groups in total. The van der Waals surface area contributed by atoms with Crippen molar-refractivity contribution in [1.29, 1.82) is 0 Å². The molecule has 1 saturated heterocycles. The first kappa shape index (κ1) is 16.4. The molecule has 3 atom stereocenters. The van der Waals surface area contributed by atoms with Gasteiger partial charge in [-0.3, -0.25) is 4.21 Å². The molecule has 3 rings (SSSR count). The second-order valence-electron chi connectivity index (χ2n) is 6.33. The van der Waals surface area contributed by atoms with Crippen LogP contribution in [0.5, 0.6) is 0 Å². The lowest BCUT2D eigenvalue weighted by Gasteiger charge is -2.17. The Morgan fingerprint density at radius 1 is 1.00 bits per heavy atom. The second kappa shape index (κ2) is 6.56. The summed E-state index contributed by atoms with van der Waals surface area (Å²) in [6.07, 6.45) is -0.421. The van der Waals surface area contributed by atoms with Gasteiger partial charge in [-0.25, -0.2) is 0 Å². The summed E-state index contributed by atoms with van der Waals surface area (Å²) in [5.74, 6) is -0.241. The number of hydrogen-bond acceptors (Lipinski definition) is 3. The Labute approximate surface area is 140 Å². The van der Waals surface area contributed by atoms with Gasteiger partial charge in [-0.15, -0.1) is 0 Å². The van der Waals surface area contributed by atoms with Crippen molar-refractivity contribution in [2.24, 2.45) is 0 Å². The maximum atomic E-state index is 12.7. The van der Waals surface area contributed by atoms with E-state index in [2.05, 4.69) is 0 Å². The number of rotatable bonds is 4. The Morgan fingerprint density at radius 2 is 1.65 bits per heavy atom. The molecule has 23 heavy (non-hydrogen) atoms. The maximum Gasteiger partial charge on any atom is 0.164 e. The van der Waals surface area contributed by atoms with Gasteiger partial charge < -0.3 is 9.47 Å². The van der Waals surface area contributed by atoms with Gasteiger partial charge in [-0.2, -0.15) is 0 Å². The molecule has 1 heterocycles. The third-order valence-electron chi connectivity index (χ3n) is 3.91. The van der Waals surface area contributed by atoms with Gasteiger partial charge in [-0.1, -0.05) is 48.0 Å². The van der Waals surface area contributed by atoms with Crippen LogP contribution >= 0.6 is 0 Å². The summed E-state index contributed by atoms with van der Waals surface area (Å²) in [5.41, 5.74) is 2.22. The fraction of sp³-hybridized carbons (Fsp3) is 0.368. The van der Waals surface area contributed by atoms with Crippen molar-refractivity contribution in [2.75, 3.05) is 5.75 Å². The zero-order valence-electron chi connectivity index (χ0n) is 13.7. The SMILES string of the molecule is Cc1ccc(S(=O)C[C@H]2OC(C)(C)O[C@H]2c2ccccc2)cc1. The lowest BCUT2D eigenvalue weighted by molar-refractivity contribution is -0.145. The molecular formula is C19H22O3S. The van der Waals surface area contributed by atoms with Gasteiger partial charge in [-0.05, 0) is 38.5 Å². The van der Waals surface area contributed by atoms with E-state index in [0.717, 1.165) is 16.0 Å². The molecule has 1 unspecified atom stereocenters. The predicted molar refractivity (Wildman–Crippen MR) is 91.7 cm³/mol. The largest absolute Gasteiger partial charge is 0.343 e. The van der Waals surface area contributed by atoms with Gasteiger partial charge in [0.05, 0.1) is 16.6 Å². The van der Waals surface area contributed by atoms with E-state index in [4.69, 9.17) is 9.47 Å². The lowest BCUT2D eigenvalue weighted by Crippen LogP contribution is -2.25. The van der Waals surface area contributed by atoms with Gasteiger partial charge in [0.2, 0.25) is 0 Å². The Kier molecular flexibility index (Phi) is 4.67. The zero-order valence-corrected chi connectivity index (χ0v) is 14.5. The molecule has 4 heteroatoms. The Hall–Kier alpha value is -1.49. The molecule has 1 aliphatic heterocycles. The van der Waals surface area contributed by atoms with Crippen LogP contribution in [0.25, 0.3) is 0 Å². The highest BCUT2D eigenvalue weighted by Gasteiger charge is 2.42. The topological polar surface area (TPSA) is 35.5 Å². The minimum Gasteiger partial charge on any atom is -0.343 e. The van der Waals surface area contributed by atoms with Gasteiger partial charge >= 0.3 is 0 Å². The fourth-order valence-corrected chi connectivity index (χ4v) is 3.99. The van der Waals surface area contributed by atoms with Crippen molar-refractivity contribution in [3.8, 4) is 0 Å². The van der Waals surface area contributed by atoms with E-state index in [0.29, 0.717) is 5.75 Å². The van der Waals surface area contributed by atoms with E-state index in [-0.39, 0.29) is 12.2 Å². The predicted octanol–water partition coefficient (Wildman–Crippen LogP) is 4.00. The van der Waals surface area contributed by atoms with Crippen LogP contribution < -0.4 is 0 Å². The van der Waals surface area contributed by atoms with Gasteiger partial charge in [0.1, 0.15) is 12.2 Å². The number of benzene rings is 2. The zero-order chi connectivity index (χ0) is 16.4. The Bertz CT molecular complexity index is 680. The summed E-state index contributed by atoms with van der Waals surface area (Å²) in [7, 11) is -1.11. The molecule has 0 amide bonds. The first-order valence-electron chi connectivity index (χ1n) is 7.80. The van der Waals surface area contributed by atoms with Crippen LogP contribution in [0, 0.1) is 6.92 Å². The van der Waals surface area contributed by atoms with Crippen molar-refractivity contribution in [2.45, 2.75) is 43.7 Å². The third kappa shape index (κ3) is 3.89. The summed E-state index contributed by atoms with van der Waals surface area (Å²) in [6, 6.07) is 17.8. The van der Waals surface area contributed by atoms with Crippen LogP contribution in [0.15, 0.2) is 59.5 Å². The summed E-state index contributed by atoms with van der Waals surface area (Å²) in [6.45, 7) is 5.82. The minimum atomic E-state index is -1.11. The molecule has 122 valence electrons. The molecular weight excluding hydrogens is 308 g/mol. The number of aryl methyl sites for hydroxylation is 1. The molecule has 2 aromatic rings. The van der Waals surface area contributed by atoms with E-state index in [1.54, 1.807) is 0 Å². The maximum absolute atomic E-state index is 12.7. The van der Waals surface area contributed by atoms with Crippen LogP contribution in [0.2, 0.25) is 0 Å². The van der Waals surface area contributed by atoms with Crippen LogP contribution in [-0.4, -0.2) is 21.9 Å². The van der Waals surface area contributed by atoms with E-state index in [9.17, 15) is 4.21 Å². The molecule has 0 saturated carbocycles. The van der Waals surface area contributed by atoms with E-state index in [1.165, 1.54) is 0 Å². The van der Waals surface area contributed by atoms with Gasteiger partial charge in [0.15, 0.2) is 5.79 Å². The smallest absolute Gasteiger partial charge is 0.164 e. The van der Waals surface area contributed by atoms with Crippen LogP contribution in [0.3, 0.4) is 0 Å². The van der Waals surface area contributed by atoms with Crippen molar-refractivity contribution >= 4 is 10.8 Å². The number of hydrogen-bond donors (Lipinski definition) is 0. The highest BCUT2D eigenvalue weighted by atomic mass is 32.2. The third-order valence-corrected chi connectivity index (χ3v) is 5.34. The summed E-state index contributed by atoms with van der Waals surface area (Å²) in [4.78, 5) is 0.829. The van der Waals surface area contributed by atoms with Crippen LogP contribution in [0.1, 0.15) is 31.1 Å². The average Bonchev–Trinajstić information content (AvgIpc) is 2.83. The number of ether oxygens (including phenoxy) is 2. The van der Waals surface area contributed by atoms with E-state index < -0.39 is 16.6 Å². The normalized spacial score (nSPS) is 24.5. The quantitative estimate of drug-likeness (QED) is 0.850. The van der Waals surface area contributed by atoms with Gasteiger partial charge in [0.25, 0.3) is 0 Å². The highest BCUT2D eigenvalue weighted by Crippen LogP contribution is 2.38. The lowest BCUT2D eigenvalue weighted by atomic mass is 10.1. The molecule has 3 nitrogen and oxygen atoms in total. The highest BCUT2D eigenvalue weighted by molar-refractivity contribution is 7.85. The molecule has 0 aromatic heterocycles. The van der Waals surface area contributed by atoms with Crippen LogP contribution in [-0.2, 0) is 20.3 Å². The summed E-state index contributed by atoms with van der Waals surface area (Å²) in [5, 5.41) is 0. The van der Waals surface area contributed by atoms with Crippen molar-refractivity contribution in [3.63, 3.8) is 0 Å². The van der Waals surface area contributed by atoms with Gasteiger partial charge in [0, 0.05) is 4.90 Å². The molecule has 1 aliphatic rings. The summed E-state index contributed by atoms with van der Waals surface area (Å²) >= 11 is 0.